The molecule has 1 heterocycles. The smallest absolute Gasteiger partial charge is 0.260 e. The van der Waals surface area contributed by atoms with Crippen molar-refractivity contribution in [2.75, 3.05) is 43.5 Å². The zero-order valence-corrected chi connectivity index (χ0v) is 21.7. The van der Waals surface area contributed by atoms with E-state index in [1.54, 1.807) is 48.4 Å². The highest BCUT2D eigenvalue weighted by Gasteiger charge is 2.27. The fourth-order valence-electron chi connectivity index (χ4n) is 4.75. The standard InChI is InChI=1S/C30H32FN3O4/c1-21(35)32-28-9-4-3-8-27(28)30(37)34(25-6-5-7-26(20-25)38-2)19-18-33-16-14-23(15-17-33)29(36)22-10-12-24(31)13-11-22/h3-13,20,23H,14-19H2,1-2H3,(H,32,35). The summed E-state index contributed by atoms with van der Waals surface area (Å²) in [5.41, 5.74) is 2.08. The van der Waals surface area contributed by atoms with Crippen LogP contribution in [0.25, 0.3) is 0 Å². The molecule has 0 atom stereocenters. The first-order valence-corrected chi connectivity index (χ1v) is 12.7. The van der Waals surface area contributed by atoms with Gasteiger partial charge in [0, 0.05) is 43.2 Å². The van der Waals surface area contributed by atoms with Crippen LogP contribution in [0, 0.1) is 11.7 Å². The Morgan fingerprint density at radius 1 is 1.00 bits per heavy atom. The molecule has 0 unspecified atom stereocenters. The van der Waals surface area contributed by atoms with Gasteiger partial charge >= 0.3 is 0 Å². The number of nitrogens with zero attached hydrogens (tertiary/aromatic N) is 2. The van der Waals surface area contributed by atoms with Crippen LogP contribution >= 0.6 is 0 Å². The molecule has 3 aromatic carbocycles. The summed E-state index contributed by atoms with van der Waals surface area (Å²) in [6.45, 7) is 3.88. The first-order chi connectivity index (χ1) is 18.4. The number of carbonyl (C=O) groups excluding carboxylic acids is 3. The van der Waals surface area contributed by atoms with Gasteiger partial charge in [0.2, 0.25) is 5.91 Å². The average molecular weight is 518 g/mol. The molecule has 0 saturated carbocycles. The lowest BCUT2D eigenvalue weighted by atomic mass is 9.89. The van der Waals surface area contributed by atoms with Crippen LogP contribution in [0.2, 0.25) is 0 Å². The number of anilines is 2. The predicted octanol–water partition coefficient (Wildman–Crippen LogP) is 5.03. The van der Waals surface area contributed by atoms with Crippen LogP contribution in [-0.2, 0) is 4.79 Å². The van der Waals surface area contributed by atoms with E-state index < -0.39 is 0 Å². The van der Waals surface area contributed by atoms with Gasteiger partial charge in [-0.15, -0.1) is 0 Å². The molecule has 0 radical (unpaired) electrons. The number of halogens is 1. The maximum Gasteiger partial charge on any atom is 0.260 e. The van der Waals surface area contributed by atoms with Gasteiger partial charge in [0.1, 0.15) is 11.6 Å². The van der Waals surface area contributed by atoms with Crippen molar-refractivity contribution in [2.45, 2.75) is 19.8 Å². The van der Waals surface area contributed by atoms with Gasteiger partial charge in [-0.1, -0.05) is 18.2 Å². The van der Waals surface area contributed by atoms with Crippen LogP contribution in [0.15, 0.2) is 72.8 Å². The number of piperidine rings is 1. The maximum absolute atomic E-state index is 13.8. The molecule has 0 aliphatic carbocycles. The van der Waals surface area contributed by atoms with Crippen molar-refractivity contribution >= 4 is 29.0 Å². The van der Waals surface area contributed by atoms with E-state index in [-0.39, 0.29) is 29.3 Å². The second-order valence-electron chi connectivity index (χ2n) is 9.37. The minimum absolute atomic E-state index is 0.0485. The number of carbonyl (C=O) groups is 3. The predicted molar refractivity (Wildman–Crippen MR) is 145 cm³/mol. The fraction of sp³-hybridized carbons (Fsp3) is 0.300. The Bertz CT molecular complexity index is 1290. The third kappa shape index (κ3) is 6.63. The van der Waals surface area contributed by atoms with Gasteiger partial charge < -0.3 is 19.9 Å². The van der Waals surface area contributed by atoms with E-state index in [1.807, 2.05) is 24.3 Å². The average Bonchev–Trinajstić information content (AvgIpc) is 2.93. The lowest BCUT2D eigenvalue weighted by molar-refractivity contribution is -0.114. The number of amides is 2. The highest BCUT2D eigenvalue weighted by molar-refractivity contribution is 6.11. The Morgan fingerprint density at radius 3 is 2.39 bits per heavy atom. The molecule has 1 N–H and O–H groups in total. The van der Waals surface area contributed by atoms with E-state index in [0.29, 0.717) is 54.2 Å². The van der Waals surface area contributed by atoms with Crippen LogP contribution in [0.4, 0.5) is 15.8 Å². The van der Waals surface area contributed by atoms with E-state index in [2.05, 4.69) is 10.2 Å². The second-order valence-corrected chi connectivity index (χ2v) is 9.37. The van der Waals surface area contributed by atoms with Crippen LogP contribution < -0.4 is 15.0 Å². The Kier molecular flexibility index (Phi) is 8.86. The van der Waals surface area contributed by atoms with Crippen LogP contribution in [0.3, 0.4) is 0 Å². The number of rotatable bonds is 9. The van der Waals surface area contributed by atoms with Crippen molar-refractivity contribution in [3.05, 3.63) is 89.7 Å². The zero-order valence-electron chi connectivity index (χ0n) is 21.7. The molecule has 2 amide bonds. The third-order valence-electron chi connectivity index (χ3n) is 6.81. The van der Waals surface area contributed by atoms with Crippen molar-refractivity contribution in [3.8, 4) is 5.75 Å². The summed E-state index contributed by atoms with van der Waals surface area (Å²) >= 11 is 0. The van der Waals surface area contributed by atoms with Crippen molar-refractivity contribution in [1.29, 1.82) is 0 Å². The van der Waals surface area contributed by atoms with E-state index >= 15 is 0 Å². The van der Waals surface area contributed by atoms with Gasteiger partial charge in [0.15, 0.2) is 5.78 Å². The fourth-order valence-corrected chi connectivity index (χ4v) is 4.75. The number of hydrogen-bond donors (Lipinski definition) is 1. The summed E-state index contributed by atoms with van der Waals surface area (Å²) in [4.78, 5) is 42.3. The molecule has 1 aliphatic rings. The first kappa shape index (κ1) is 27.0. The Morgan fingerprint density at radius 2 is 1.71 bits per heavy atom. The lowest BCUT2D eigenvalue weighted by Gasteiger charge is -2.33. The number of Topliss-reactive ketones (excluding diaryl/α,β-unsaturated/α-hetero) is 1. The largest absolute Gasteiger partial charge is 0.497 e. The quantitative estimate of drug-likeness (QED) is 0.403. The van der Waals surface area contributed by atoms with Crippen molar-refractivity contribution < 1.29 is 23.5 Å². The maximum atomic E-state index is 13.8. The number of para-hydroxylation sites is 1. The molecule has 198 valence electrons. The number of likely N-dealkylation sites (tertiary alicyclic amines) is 1. The van der Waals surface area contributed by atoms with Crippen LogP contribution in [0.5, 0.6) is 5.75 Å². The Labute approximate surface area is 222 Å². The van der Waals surface area contributed by atoms with Crippen molar-refractivity contribution in [1.82, 2.24) is 4.90 Å². The molecule has 4 rings (SSSR count). The monoisotopic (exact) mass is 517 g/mol. The first-order valence-electron chi connectivity index (χ1n) is 12.7. The van der Waals surface area contributed by atoms with E-state index in [1.165, 1.54) is 19.1 Å². The minimum Gasteiger partial charge on any atom is -0.497 e. The van der Waals surface area contributed by atoms with Gasteiger partial charge in [-0.05, 0) is 74.5 Å². The summed E-state index contributed by atoms with van der Waals surface area (Å²) in [6, 6.07) is 20.0. The number of ketones is 1. The summed E-state index contributed by atoms with van der Waals surface area (Å²) in [5.74, 6) is -0.258. The van der Waals surface area contributed by atoms with E-state index in [4.69, 9.17) is 4.74 Å². The van der Waals surface area contributed by atoms with Gasteiger partial charge in [-0.2, -0.15) is 0 Å². The lowest BCUT2D eigenvalue weighted by Crippen LogP contribution is -2.43. The number of hydrogen-bond acceptors (Lipinski definition) is 5. The highest BCUT2D eigenvalue weighted by Crippen LogP contribution is 2.26. The van der Waals surface area contributed by atoms with E-state index in [0.717, 1.165) is 13.1 Å². The Balaban J connectivity index is 1.46. The third-order valence-corrected chi connectivity index (χ3v) is 6.81. The molecular formula is C30H32FN3O4. The highest BCUT2D eigenvalue weighted by atomic mass is 19.1. The molecule has 8 heteroatoms. The normalized spacial score (nSPS) is 14.1. The second kappa shape index (κ2) is 12.5. The summed E-state index contributed by atoms with van der Waals surface area (Å²) in [7, 11) is 1.58. The number of ether oxygens (including phenoxy) is 1. The number of nitrogens with one attached hydrogen (secondary N) is 1. The molecule has 0 aromatic heterocycles. The number of methoxy groups -OCH3 is 1. The van der Waals surface area contributed by atoms with Gasteiger partial charge in [0.25, 0.3) is 5.91 Å². The van der Waals surface area contributed by atoms with Crippen molar-refractivity contribution in [2.24, 2.45) is 5.92 Å². The van der Waals surface area contributed by atoms with Crippen LogP contribution in [-0.4, -0.2) is 55.8 Å². The Hall–Kier alpha value is -4.04. The summed E-state index contributed by atoms with van der Waals surface area (Å²) in [5, 5.41) is 2.75. The summed E-state index contributed by atoms with van der Waals surface area (Å²) in [6.07, 6.45) is 1.41. The van der Waals surface area contributed by atoms with E-state index in [9.17, 15) is 18.8 Å². The molecular weight excluding hydrogens is 485 g/mol. The van der Waals surface area contributed by atoms with Gasteiger partial charge in [0.05, 0.1) is 18.4 Å². The SMILES string of the molecule is COc1cccc(N(CCN2CCC(C(=O)c3ccc(F)cc3)CC2)C(=O)c2ccccc2NC(C)=O)c1. The van der Waals surface area contributed by atoms with Gasteiger partial charge in [-0.3, -0.25) is 14.4 Å². The van der Waals surface area contributed by atoms with Gasteiger partial charge in [-0.25, -0.2) is 4.39 Å². The molecule has 38 heavy (non-hydrogen) atoms. The molecule has 3 aromatic rings. The molecule has 0 bridgehead atoms. The molecule has 1 fully saturated rings. The molecule has 1 aliphatic heterocycles. The topological polar surface area (TPSA) is 79.0 Å². The number of benzene rings is 3. The molecule has 1 saturated heterocycles. The molecule has 7 nitrogen and oxygen atoms in total. The molecule has 0 spiro atoms. The zero-order chi connectivity index (χ0) is 27.1. The summed E-state index contributed by atoms with van der Waals surface area (Å²) < 4.78 is 18.6. The van der Waals surface area contributed by atoms with Crippen molar-refractivity contribution in [3.63, 3.8) is 0 Å². The van der Waals surface area contributed by atoms with Crippen LogP contribution in [0.1, 0.15) is 40.5 Å². The minimum atomic E-state index is -0.355.